The molecule has 4 rings (SSSR count). The van der Waals surface area contributed by atoms with Crippen molar-refractivity contribution in [1.82, 2.24) is 14.8 Å². The van der Waals surface area contributed by atoms with Gasteiger partial charge in [0.15, 0.2) is 0 Å². The first-order valence-electron chi connectivity index (χ1n) is 10.9. The molecule has 1 aliphatic heterocycles. The van der Waals surface area contributed by atoms with Gasteiger partial charge in [-0.1, -0.05) is 23.7 Å². The molecule has 0 spiro atoms. The largest absolute Gasteiger partial charge is 0.382 e. The number of hydrogen-bond donors (Lipinski definition) is 1. The highest BCUT2D eigenvalue weighted by atomic mass is 35.5. The van der Waals surface area contributed by atoms with E-state index in [0.717, 1.165) is 42.6 Å². The third kappa shape index (κ3) is 6.01. The van der Waals surface area contributed by atoms with E-state index in [-0.39, 0.29) is 9.92 Å². The number of halogens is 1. The number of hydrogen-bond acceptors (Lipinski definition) is 5. The topological polar surface area (TPSA) is 77.9 Å². The van der Waals surface area contributed by atoms with Crippen molar-refractivity contribution < 1.29 is 8.42 Å². The first-order valence-corrected chi connectivity index (χ1v) is 12.7. The van der Waals surface area contributed by atoms with Crippen molar-refractivity contribution in [2.75, 3.05) is 32.5 Å². The maximum atomic E-state index is 12.6. The van der Waals surface area contributed by atoms with Crippen molar-refractivity contribution in [1.29, 1.82) is 0 Å². The third-order valence-corrected chi connectivity index (χ3v) is 7.40. The molecule has 2 aromatic carbocycles. The van der Waals surface area contributed by atoms with Gasteiger partial charge in [0.05, 0.1) is 5.02 Å². The van der Waals surface area contributed by atoms with Crippen LogP contribution in [0.2, 0.25) is 5.02 Å². The monoisotopic (exact) mass is 485 g/mol. The van der Waals surface area contributed by atoms with Crippen LogP contribution in [0.4, 0.5) is 5.69 Å². The predicted molar refractivity (Wildman–Crippen MR) is 134 cm³/mol. The summed E-state index contributed by atoms with van der Waals surface area (Å²) in [7, 11) is -0.414. The Morgan fingerprint density at radius 1 is 1.15 bits per heavy atom. The van der Waals surface area contributed by atoms with Crippen LogP contribution in [0.3, 0.4) is 0 Å². The first-order chi connectivity index (χ1) is 15.8. The van der Waals surface area contributed by atoms with Gasteiger partial charge < -0.3 is 10.2 Å². The second kappa shape index (κ2) is 10.1. The second-order valence-electron chi connectivity index (χ2n) is 8.56. The Labute approximate surface area is 200 Å². The van der Waals surface area contributed by atoms with E-state index in [0.29, 0.717) is 12.6 Å². The summed E-state index contributed by atoms with van der Waals surface area (Å²) < 4.78 is 28.8. The number of rotatable bonds is 7. The van der Waals surface area contributed by atoms with Crippen LogP contribution < -0.4 is 5.32 Å². The van der Waals surface area contributed by atoms with E-state index >= 15 is 0 Å². The molecule has 0 bridgehead atoms. The van der Waals surface area contributed by atoms with Gasteiger partial charge >= 0.3 is 0 Å². The molecule has 3 aromatic rings. The summed E-state index contributed by atoms with van der Waals surface area (Å²) in [6, 6.07) is 13.9. The SMILES string of the molecule is CN(C)/C=N/S(=O)(=O)c1cc(CN2CCC(Nc3ccc4cnccc4c3)CC2)ccc1Cl. The number of nitrogens with one attached hydrogen (secondary N) is 1. The average molecular weight is 486 g/mol. The van der Waals surface area contributed by atoms with Gasteiger partial charge in [0, 0.05) is 63.2 Å². The average Bonchev–Trinajstić information content (AvgIpc) is 2.80. The molecule has 0 amide bonds. The summed E-state index contributed by atoms with van der Waals surface area (Å²) in [4.78, 5) is 8.12. The molecule has 7 nitrogen and oxygen atoms in total. The van der Waals surface area contributed by atoms with Crippen LogP contribution in [-0.4, -0.2) is 62.8 Å². The van der Waals surface area contributed by atoms with Crippen molar-refractivity contribution in [2.45, 2.75) is 30.3 Å². The zero-order valence-electron chi connectivity index (χ0n) is 18.8. The Kier molecular flexibility index (Phi) is 7.17. The maximum Gasteiger partial charge on any atom is 0.285 e. The summed E-state index contributed by atoms with van der Waals surface area (Å²) in [5, 5.41) is 6.15. The molecule has 2 heterocycles. The summed E-state index contributed by atoms with van der Waals surface area (Å²) in [5.41, 5.74) is 2.03. The van der Waals surface area contributed by atoms with E-state index in [1.165, 1.54) is 11.7 Å². The van der Waals surface area contributed by atoms with Crippen LogP contribution in [0.1, 0.15) is 18.4 Å². The molecule has 33 heavy (non-hydrogen) atoms. The van der Waals surface area contributed by atoms with Gasteiger partial charge in [-0.25, -0.2) is 0 Å². The van der Waals surface area contributed by atoms with E-state index < -0.39 is 10.0 Å². The number of fused-ring (bicyclic) bond motifs is 1. The van der Waals surface area contributed by atoms with Crippen LogP contribution in [0.15, 0.2) is 64.2 Å². The second-order valence-corrected chi connectivity index (χ2v) is 10.6. The van der Waals surface area contributed by atoms with Gasteiger partial charge in [0.2, 0.25) is 0 Å². The standard InChI is InChI=1S/C24H28ClN5O2S/c1-29(2)17-27-33(31,32)24-13-18(3-6-23(24)25)16-30-11-8-21(9-12-30)28-22-5-4-20-15-26-10-7-19(20)14-22/h3-7,10,13-15,17,21,28H,8-9,11-12,16H2,1-2H3/b27-17+. The molecule has 0 saturated carbocycles. The Balaban J connectivity index is 1.36. The van der Waals surface area contributed by atoms with E-state index in [9.17, 15) is 8.42 Å². The normalized spacial score (nSPS) is 15.8. The highest BCUT2D eigenvalue weighted by Gasteiger charge is 2.21. The number of sulfonamides is 1. The van der Waals surface area contributed by atoms with Crippen molar-refractivity contribution in [3.05, 3.63) is 65.4 Å². The molecular formula is C24H28ClN5O2S. The molecule has 1 N–H and O–H groups in total. The Morgan fingerprint density at radius 2 is 1.94 bits per heavy atom. The lowest BCUT2D eigenvalue weighted by molar-refractivity contribution is 0.211. The molecule has 0 unspecified atom stereocenters. The number of pyridine rings is 1. The highest BCUT2D eigenvalue weighted by molar-refractivity contribution is 7.90. The summed E-state index contributed by atoms with van der Waals surface area (Å²) in [6.07, 6.45) is 6.98. The van der Waals surface area contributed by atoms with Gasteiger partial charge in [-0.15, -0.1) is 4.40 Å². The van der Waals surface area contributed by atoms with Gasteiger partial charge in [0.25, 0.3) is 10.0 Å². The maximum absolute atomic E-state index is 12.6. The smallest absolute Gasteiger partial charge is 0.285 e. The number of likely N-dealkylation sites (tertiary alicyclic amines) is 1. The number of aromatic nitrogens is 1. The molecule has 1 aliphatic rings. The molecule has 1 fully saturated rings. The van der Waals surface area contributed by atoms with Crippen molar-refractivity contribution in [2.24, 2.45) is 4.40 Å². The van der Waals surface area contributed by atoms with E-state index in [1.54, 1.807) is 31.1 Å². The molecule has 1 aromatic heterocycles. The van der Waals surface area contributed by atoms with Gasteiger partial charge in [0.1, 0.15) is 11.2 Å². The molecular weight excluding hydrogens is 458 g/mol. The van der Waals surface area contributed by atoms with Crippen LogP contribution >= 0.6 is 11.6 Å². The van der Waals surface area contributed by atoms with Crippen LogP contribution in [0.5, 0.6) is 0 Å². The van der Waals surface area contributed by atoms with Gasteiger partial charge in [-0.2, -0.15) is 8.42 Å². The van der Waals surface area contributed by atoms with E-state index in [2.05, 4.69) is 37.8 Å². The molecule has 1 saturated heterocycles. The zero-order valence-corrected chi connectivity index (χ0v) is 20.4. The minimum atomic E-state index is -3.85. The van der Waals surface area contributed by atoms with E-state index in [4.69, 9.17) is 11.6 Å². The summed E-state index contributed by atoms with van der Waals surface area (Å²) in [6.45, 7) is 2.53. The number of benzene rings is 2. The minimum absolute atomic E-state index is 0.0443. The van der Waals surface area contributed by atoms with Gasteiger partial charge in [-0.3, -0.25) is 9.88 Å². The van der Waals surface area contributed by atoms with Gasteiger partial charge in [-0.05, 0) is 54.1 Å². The molecule has 0 atom stereocenters. The fourth-order valence-electron chi connectivity index (χ4n) is 3.96. The Bertz CT molecular complexity index is 1250. The van der Waals surface area contributed by atoms with Crippen molar-refractivity contribution >= 4 is 44.4 Å². The van der Waals surface area contributed by atoms with E-state index in [1.807, 2.05) is 24.5 Å². The molecule has 9 heteroatoms. The lowest BCUT2D eigenvalue weighted by Gasteiger charge is -2.33. The summed E-state index contributed by atoms with van der Waals surface area (Å²) >= 11 is 6.18. The third-order valence-electron chi connectivity index (χ3n) is 5.70. The van der Waals surface area contributed by atoms with Crippen LogP contribution in [0, 0.1) is 0 Å². The lowest BCUT2D eigenvalue weighted by atomic mass is 10.0. The zero-order chi connectivity index (χ0) is 23.4. The van der Waals surface area contributed by atoms with Crippen molar-refractivity contribution in [3.63, 3.8) is 0 Å². The number of piperidine rings is 1. The lowest BCUT2D eigenvalue weighted by Crippen LogP contribution is -2.38. The van der Waals surface area contributed by atoms with Crippen LogP contribution in [0.25, 0.3) is 10.8 Å². The fraction of sp³-hybridized carbons (Fsp3) is 0.333. The quantitative estimate of drug-likeness (QED) is 0.398. The summed E-state index contributed by atoms with van der Waals surface area (Å²) in [5.74, 6) is 0. The Morgan fingerprint density at radius 3 is 2.70 bits per heavy atom. The molecule has 0 radical (unpaired) electrons. The number of nitrogens with zero attached hydrogens (tertiary/aromatic N) is 4. The fourth-order valence-corrected chi connectivity index (χ4v) is 5.41. The highest BCUT2D eigenvalue weighted by Crippen LogP contribution is 2.26. The first kappa shape index (κ1) is 23.5. The predicted octanol–water partition coefficient (Wildman–Crippen LogP) is 4.24. The van der Waals surface area contributed by atoms with Crippen molar-refractivity contribution in [3.8, 4) is 0 Å². The number of anilines is 1. The van der Waals surface area contributed by atoms with Crippen LogP contribution in [-0.2, 0) is 16.6 Å². The molecule has 0 aliphatic carbocycles. The minimum Gasteiger partial charge on any atom is -0.382 e. The molecule has 174 valence electrons. The Hall–Kier alpha value is -2.68.